The third kappa shape index (κ3) is 3.80. The maximum Gasteiger partial charge on any atom is 0.167 e. The minimum absolute atomic E-state index is 0.213. The van der Waals surface area contributed by atoms with Crippen LogP contribution in [0.4, 0.5) is 4.39 Å². The summed E-state index contributed by atoms with van der Waals surface area (Å²) in [5.41, 5.74) is 6.26. The van der Waals surface area contributed by atoms with Crippen LogP contribution in [0.25, 0.3) is 33.6 Å². The largest absolute Gasteiger partial charge is 0.494 e. The first kappa shape index (κ1) is 19.7. The van der Waals surface area contributed by atoms with E-state index in [9.17, 15) is 4.39 Å². The Labute approximate surface area is 181 Å². The second-order valence-corrected chi connectivity index (χ2v) is 8.55. The van der Waals surface area contributed by atoms with Gasteiger partial charge in [-0.1, -0.05) is 31.1 Å². The summed E-state index contributed by atoms with van der Waals surface area (Å²) in [6.45, 7) is 2.35. The minimum Gasteiger partial charge on any atom is -0.494 e. The van der Waals surface area contributed by atoms with Gasteiger partial charge in [0, 0.05) is 29.4 Å². The Morgan fingerprint density at radius 3 is 2.90 bits per heavy atom. The highest BCUT2D eigenvalue weighted by molar-refractivity contribution is 5.99. The number of pyridine rings is 2. The molecule has 1 aliphatic rings. The van der Waals surface area contributed by atoms with Crippen LogP contribution in [0, 0.1) is 11.7 Å². The lowest BCUT2D eigenvalue weighted by atomic mass is 10.0. The van der Waals surface area contributed by atoms with E-state index in [0.29, 0.717) is 5.52 Å². The second-order valence-electron chi connectivity index (χ2n) is 8.55. The van der Waals surface area contributed by atoms with Gasteiger partial charge in [0.25, 0.3) is 0 Å². The lowest BCUT2D eigenvalue weighted by Gasteiger charge is -2.08. The first-order chi connectivity index (χ1) is 15.1. The number of benzene rings is 1. The average Bonchev–Trinajstić information content (AvgIpc) is 3.08. The van der Waals surface area contributed by atoms with Crippen molar-refractivity contribution >= 4 is 22.5 Å². The predicted octanol–water partition coefficient (Wildman–Crippen LogP) is 6.68. The first-order valence-corrected chi connectivity index (χ1v) is 10.9. The van der Waals surface area contributed by atoms with Crippen molar-refractivity contribution in [2.45, 2.75) is 39.0 Å². The van der Waals surface area contributed by atoms with Gasteiger partial charge in [0.2, 0.25) is 0 Å². The summed E-state index contributed by atoms with van der Waals surface area (Å²) in [6, 6.07) is 9.34. The van der Waals surface area contributed by atoms with E-state index >= 15 is 0 Å². The fraction of sp³-hybridized carbons (Fsp3) is 0.308. The van der Waals surface area contributed by atoms with Crippen LogP contribution in [0.3, 0.4) is 0 Å². The Morgan fingerprint density at radius 1 is 1.13 bits per heavy atom. The van der Waals surface area contributed by atoms with Crippen LogP contribution in [0.5, 0.6) is 5.75 Å². The number of hydrogen-bond acceptors (Lipinski definition) is 3. The number of aromatic nitrogens is 3. The molecule has 3 aromatic heterocycles. The topological polar surface area (TPSA) is 39.4 Å². The number of nitrogens with zero attached hydrogens (tertiary/aromatic N) is 3. The average molecular weight is 416 g/mol. The number of fused-ring (bicyclic) bond motifs is 2. The zero-order valence-corrected chi connectivity index (χ0v) is 17.9. The molecule has 1 unspecified atom stereocenters. The van der Waals surface area contributed by atoms with E-state index in [0.717, 1.165) is 27.9 Å². The smallest absolute Gasteiger partial charge is 0.167 e. The van der Waals surface area contributed by atoms with E-state index in [2.05, 4.69) is 41.4 Å². The van der Waals surface area contributed by atoms with Crippen molar-refractivity contribution in [2.24, 2.45) is 5.92 Å². The molecule has 31 heavy (non-hydrogen) atoms. The molecule has 4 nitrogen and oxygen atoms in total. The maximum atomic E-state index is 14.1. The number of methoxy groups -OCH3 is 1. The molecule has 0 saturated heterocycles. The van der Waals surface area contributed by atoms with E-state index in [1.165, 1.54) is 56.4 Å². The van der Waals surface area contributed by atoms with Crippen molar-refractivity contribution in [2.75, 3.05) is 7.11 Å². The van der Waals surface area contributed by atoms with E-state index in [1.807, 2.05) is 16.8 Å². The molecule has 4 aromatic rings. The molecule has 0 aliphatic heterocycles. The molecule has 5 rings (SSSR count). The summed E-state index contributed by atoms with van der Waals surface area (Å²) >= 11 is 0. The van der Waals surface area contributed by atoms with E-state index in [-0.39, 0.29) is 5.75 Å². The zero-order chi connectivity index (χ0) is 21.4. The van der Waals surface area contributed by atoms with Crippen LogP contribution in [-0.4, -0.2) is 21.7 Å². The molecule has 1 saturated carbocycles. The molecule has 0 bridgehead atoms. The summed E-state index contributed by atoms with van der Waals surface area (Å²) in [5, 5.41) is 5.45. The number of hydrogen-bond donors (Lipinski definition) is 0. The van der Waals surface area contributed by atoms with Crippen molar-refractivity contribution in [3.05, 3.63) is 65.9 Å². The summed E-state index contributed by atoms with van der Waals surface area (Å²) in [4.78, 5) is 4.33. The van der Waals surface area contributed by atoms with E-state index < -0.39 is 5.82 Å². The Balaban J connectivity index is 1.55. The van der Waals surface area contributed by atoms with Gasteiger partial charge in [-0.2, -0.15) is 5.10 Å². The molecule has 0 spiro atoms. The Hall–Kier alpha value is -3.21. The van der Waals surface area contributed by atoms with Crippen LogP contribution in [-0.2, 0) is 0 Å². The third-order valence-corrected chi connectivity index (χ3v) is 6.37. The van der Waals surface area contributed by atoms with Gasteiger partial charge in [0.1, 0.15) is 0 Å². The predicted molar refractivity (Wildman–Crippen MR) is 123 cm³/mol. The van der Waals surface area contributed by atoms with Gasteiger partial charge in [-0.15, -0.1) is 0 Å². The normalized spacial score (nSPS) is 18.5. The number of halogens is 1. The molecular weight excluding hydrogens is 389 g/mol. The fourth-order valence-electron chi connectivity index (χ4n) is 4.59. The minimum atomic E-state index is -0.412. The zero-order valence-electron chi connectivity index (χ0n) is 17.9. The molecule has 1 fully saturated rings. The summed E-state index contributed by atoms with van der Waals surface area (Å²) in [5.74, 6) is 0.624. The Bertz CT molecular complexity index is 1290. The van der Waals surface area contributed by atoms with Crippen LogP contribution < -0.4 is 4.74 Å². The second kappa shape index (κ2) is 8.14. The maximum absolute atomic E-state index is 14.1. The van der Waals surface area contributed by atoms with Gasteiger partial charge in [-0.05, 0) is 60.9 Å². The van der Waals surface area contributed by atoms with Crippen LogP contribution >= 0.6 is 0 Å². The molecule has 5 heteroatoms. The molecule has 0 radical (unpaired) electrons. The van der Waals surface area contributed by atoms with Crippen molar-refractivity contribution < 1.29 is 9.13 Å². The van der Waals surface area contributed by atoms with Crippen molar-refractivity contribution in [3.8, 4) is 16.9 Å². The fourth-order valence-corrected chi connectivity index (χ4v) is 4.59. The summed E-state index contributed by atoms with van der Waals surface area (Å²) < 4.78 is 21.3. The van der Waals surface area contributed by atoms with Gasteiger partial charge < -0.3 is 4.74 Å². The molecule has 158 valence electrons. The Morgan fingerprint density at radius 2 is 2.03 bits per heavy atom. The van der Waals surface area contributed by atoms with Crippen molar-refractivity contribution in [1.29, 1.82) is 0 Å². The number of rotatable bonds is 3. The molecule has 0 N–H and O–H groups in total. The lowest BCUT2D eigenvalue weighted by Crippen LogP contribution is -1.92. The van der Waals surface area contributed by atoms with Crippen molar-refractivity contribution in [1.82, 2.24) is 14.6 Å². The Kier molecular flexibility index (Phi) is 5.18. The highest BCUT2D eigenvalue weighted by atomic mass is 19.1. The van der Waals surface area contributed by atoms with Gasteiger partial charge in [-0.3, -0.25) is 4.98 Å². The standard InChI is InChI=1S/C26H26FN3O/c1-17-4-3-5-18(7-6-17)12-19-8-9-25-22(15-29-30(25)16-19)20-10-11-28-24-14-23(27)26(31-2)13-21(20)24/h8-17H,3-7H2,1-2H3/b18-12-. The molecular formula is C26H26FN3O. The molecule has 1 aromatic carbocycles. The van der Waals surface area contributed by atoms with Crippen LogP contribution in [0.15, 0.2) is 54.5 Å². The van der Waals surface area contributed by atoms with Crippen molar-refractivity contribution in [3.63, 3.8) is 0 Å². The quantitative estimate of drug-likeness (QED) is 0.350. The highest BCUT2D eigenvalue weighted by Gasteiger charge is 2.14. The first-order valence-electron chi connectivity index (χ1n) is 10.9. The number of ether oxygens (including phenoxy) is 1. The monoisotopic (exact) mass is 415 g/mol. The summed E-state index contributed by atoms with van der Waals surface area (Å²) in [6.07, 6.45) is 14.2. The summed E-state index contributed by atoms with van der Waals surface area (Å²) in [7, 11) is 1.47. The van der Waals surface area contributed by atoms with Gasteiger partial charge in [-0.25, -0.2) is 8.91 Å². The molecule has 3 heterocycles. The van der Waals surface area contributed by atoms with Gasteiger partial charge in [0.05, 0.1) is 24.3 Å². The lowest BCUT2D eigenvalue weighted by molar-refractivity contribution is 0.387. The van der Waals surface area contributed by atoms with Crippen LogP contribution in [0.2, 0.25) is 0 Å². The molecule has 1 aliphatic carbocycles. The van der Waals surface area contributed by atoms with Gasteiger partial charge >= 0.3 is 0 Å². The van der Waals surface area contributed by atoms with Gasteiger partial charge in [0.15, 0.2) is 11.6 Å². The third-order valence-electron chi connectivity index (χ3n) is 6.37. The molecule has 0 amide bonds. The highest BCUT2D eigenvalue weighted by Crippen LogP contribution is 2.34. The van der Waals surface area contributed by atoms with E-state index in [1.54, 1.807) is 12.3 Å². The molecule has 1 atom stereocenters. The van der Waals surface area contributed by atoms with E-state index in [4.69, 9.17) is 4.74 Å². The SMILES string of the molecule is COc1cc2c(-c3cnn4cc(/C=C5/CCCC(C)CC5)ccc34)ccnc2cc1F. The number of allylic oxidation sites excluding steroid dienone is 1. The van der Waals surface area contributed by atoms with Crippen LogP contribution in [0.1, 0.15) is 44.6 Å².